The summed E-state index contributed by atoms with van der Waals surface area (Å²) in [6, 6.07) is 12.9. The molecule has 31 heavy (non-hydrogen) atoms. The molecule has 1 saturated heterocycles. The molecule has 1 aromatic heterocycles. The second-order valence-electron chi connectivity index (χ2n) is 7.04. The second-order valence-corrected chi connectivity index (χ2v) is 7.04. The highest BCUT2D eigenvalue weighted by Gasteiger charge is 2.33. The molecule has 1 aliphatic heterocycles. The number of amides is 1. The lowest BCUT2D eigenvalue weighted by atomic mass is 10.1. The fourth-order valence-electron chi connectivity index (χ4n) is 3.07. The number of methoxy groups -OCH3 is 1. The number of halogens is 1. The first kappa shape index (κ1) is 20.8. The molecule has 1 fully saturated rings. The van der Waals surface area contributed by atoms with Crippen molar-refractivity contribution in [1.82, 2.24) is 15.0 Å². The van der Waals surface area contributed by atoms with Gasteiger partial charge < -0.3 is 23.6 Å². The Morgan fingerprint density at radius 1 is 1.19 bits per heavy atom. The highest BCUT2D eigenvalue weighted by molar-refractivity contribution is 5.78. The van der Waals surface area contributed by atoms with Crippen molar-refractivity contribution in [1.29, 1.82) is 0 Å². The van der Waals surface area contributed by atoms with E-state index >= 15 is 0 Å². The zero-order valence-electron chi connectivity index (χ0n) is 17.0. The SMILES string of the molecule is COCCc1noc(-c2ccccc2OC2CN(C(=O)COc3ccc(F)cc3)C2)n1. The maximum absolute atomic E-state index is 12.9. The van der Waals surface area contributed by atoms with Gasteiger partial charge >= 0.3 is 0 Å². The van der Waals surface area contributed by atoms with Gasteiger partial charge in [-0.1, -0.05) is 17.3 Å². The number of hydrogen-bond donors (Lipinski definition) is 0. The number of likely N-dealkylation sites (tertiary alicyclic amines) is 1. The number of para-hydroxylation sites is 1. The summed E-state index contributed by atoms with van der Waals surface area (Å²) in [5.41, 5.74) is 0.697. The number of aromatic nitrogens is 2. The van der Waals surface area contributed by atoms with Crippen LogP contribution in [0.2, 0.25) is 0 Å². The Bertz CT molecular complexity index is 1020. The van der Waals surface area contributed by atoms with Gasteiger partial charge in [0.1, 0.15) is 23.4 Å². The predicted molar refractivity (Wildman–Crippen MR) is 108 cm³/mol. The van der Waals surface area contributed by atoms with Crippen LogP contribution in [0.1, 0.15) is 5.82 Å². The van der Waals surface area contributed by atoms with E-state index in [0.717, 1.165) is 0 Å². The molecule has 9 heteroatoms. The number of rotatable bonds is 9. The standard InChI is InChI=1S/C22H22FN3O5/c1-28-11-10-20-24-22(31-25-20)18-4-2-3-5-19(18)30-17-12-26(13-17)21(27)14-29-16-8-6-15(23)7-9-16/h2-9,17H,10-14H2,1H3. The summed E-state index contributed by atoms with van der Waals surface area (Å²) in [5, 5.41) is 3.96. The Balaban J connectivity index is 1.30. The molecule has 1 amide bonds. The molecule has 0 unspecified atom stereocenters. The zero-order valence-corrected chi connectivity index (χ0v) is 17.0. The number of ether oxygens (including phenoxy) is 3. The summed E-state index contributed by atoms with van der Waals surface area (Å²) in [6.07, 6.45) is 0.412. The van der Waals surface area contributed by atoms with E-state index in [-0.39, 0.29) is 24.4 Å². The van der Waals surface area contributed by atoms with Gasteiger partial charge in [0.15, 0.2) is 12.4 Å². The Morgan fingerprint density at radius 3 is 2.74 bits per heavy atom. The van der Waals surface area contributed by atoms with Crippen molar-refractivity contribution < 1.29 is 27.9 Å². The van der Waals surface area contributed by atoms with Gasteiger partial charge in [0, 0.05) is 13.5 Å². The van der Waals surface area contributed by atoms with Crippen LogP contribution in [0.25, 0.3) is 11.5 Å². The van der Waals surface area contributed by atoms with Crippen LogP contribution in [0.3, 0.4) is 0 Å². The van der Waals surface area contributed by atoms with Gasteiger partial charge in [-0.2, -0.15) is 4.98 Å². The summed E-state index contributed by atoms with van der Waals surface area (Å²) in [5.74, 6) is 1.49. The maximum Gasteiger partial charge on any atom is 0.261 e. The van der Waals surface area contributed by atoms with Gasteiger partial charge in [0.05, 0.1) is 25.3 Å². The van der Waals surface area contributed by atoms with E-state index in [0.29, 0.717) is 54.9 Å². The van der Waals surface area contributed by atoms with Crippen molar-refractivity contribution >= 4 is 5.91 Å². The van der Waals surface area contributed by atoms with Crippen LogP contribution in [0, 0.1) is 5.82 Å². The molecule has 3 aromatic rings. The summed E-state index contributed by atoms with van der Waals surface area (Å²) in [4.78, 5) is 18.3. The minimum atomic E-state index is -0.353. The first-order valence-corrected chi connectivity index (χ1v) is 9.86. The first-order valence-electron chi connectivity index (χ1n) is 9.86. The first-order chi connectivity index (χ1) is 15.1. The highest BCUT2D eigenvalue weighted by atomic mass is 19.1. The molecular weight excluding hydrogens is 405 g/mol. The smallest absolute Gasteiger partial charge is 0.261 e. The van der Waals surface area contributed by atoms with Gasteiger partial charge in [-0.05, 0) is 36.4 Å². The monoisotopic (exact) mass is 427 g/mol. The van der Waals surface area contributed by atoms with E-state index in [1.807, 2.05) is 24.3 Å². The molecule has 4 rings (SSSR count). The molecule has 0 saturated carbocycles. The van der Waals surface area contributed by atoms with E-state index in [4.69, 9.17) is 18.7 Å². The van der Waals surface area contributed by atoms with Gasteiger partial charge in [-0.25, -0.2) is 4.39 Å². The average Bonchev–Trinajstić information content (AvgIpc) is 3.23. The van der Waals surface area contributed by atoms with E-state index < -0.39 is 0 Å². The van der Waals surface area contributed by atoms with Gasteiger partial charge in [-0.15, -0.1) is 0 Å². The second kappa shape index (κ2) is 9.57. The molecule has 0 spiro atoms. The quantitative estimate of drug-likeness (QED) is 0.519. The van der Waals surface area contributed by atoms with Crippen LogP contribution < -0.4 is 9.47 Å². The lowest BCUT2D eigenvalue weighted by Gasteiger charge is -2.39. The summed E-state index contributed by atoms with van der Waals surface area (Å²) < 4.78 is 34.8. The van der Waals surface area contributed by atoms with Crippen molar-refractivity contribution in [3.8, 4) is 23.0 Å². The van der Waals surface area contributed by atoms with Crippen molar-refractivity contribution in [2.24, 2.45) is 0 Å². The Hall–Kier alpha value is -3.46. The largest absolute Gasteiger partial charge is 0.486 e. The lowest BCUT2D eigenvalue weighted by molar-refractivity contribution is -0.142. The number of hydrogen-bond acceptors (Lipinski definition) is 7. The molecular formula is C22H22FN3O5. The maximum atomic E-state index is 12.9. The van der Waals surface area contributed by atoms with Gasteiger partial charge in [-0.3, -0.25) is 4.79 Å². The molecule has 162 valence electrons. The Morgan fingerprint density at radius 2 is 1.97 bits per heavy atom. The number of carbonyl (C=O) groups excluding carboxylic acids is 1. The average molecular weight is 427 g/mol. The molecule has 2 heterocycles. The molecule has 8 nitrogen and oxygen atoms in total. The topological polar surface area (TPSA) is 86.9 Å². The van der Waals surface area contributed by atoms with Crippen LogP contribution in [0.5, 0.6) is 11.5 Å². The third-order valence-corrected chi connectivity index (χ3v) is 4.79. The number of carbonyl (C=O) groups is 1. The third-order valence-electron chi connectivity index (χ3n) is 4.79. The molecule has 0 radical (unpaired) electrons. The van der Waals surface area contributed by atoms with Crippen molar-refractivity contribution in [2.45, 2.75) is 12.5 Å². The molecule has 0 atom stereocenters. The summed E-state index contributed by atoms with van der Waals surface area (Å²) in [6.45, 7) is 1.29. The molecule has 1 aliphatic rings. The van der Waals surface area contributed by atoms with E-state index in [9.17, 15) is 9.18 Å². The minimum absolute atomic E-state index is 0.110. The number of benzene rings is 2. The van der Waals surface area contributed by atoms with E-state index in [1.165, 1.54) is 24.3 Å². The lowest BCUT2D eigenvalue weighted by Crippen LogP contribution is -2.57. The van der Waals surface area contributed by atoms with E-state index in [1.54, 1.807) is 12.0 Å². The van der Waals surface area contributed by atoms with Gasteiger partial charge in [0.25, 0.3) is 11.8 Å². The van der Waals surface area contributed by atoms with Crippen LogP contribution in [0.15, 0.2) is 53.1 Å². The van der Waals surface area contributed by atoms with Crippen molar-refractivity contribution in [2.75, 3.05) is 33.4 Å². The molecule has 2 aromatic carbocycles. The highest BCUT2D eigenvalue weighted by Crippen LogP contribution is 2.30. The van der Waals surface area contributed by atoms with Crippen LogP contribution >= 0.6 is 0 Å². The van der Waals surface area contributed by atoms with Gasteiger partial charge in [0.2, 0.25) is 0 Å². The van der Waals surface area contributed by atoms with E-state index in [2.05, 4.69) is 10.1 Å². The Kier molecular flexibility index (Phi) is 6.42. The third kappa shape index (κ3) is 5.18. The minimum Gasteiger partial charge on any atom is -0.486 e. The van der Waals surface area contributed by atoms with Crippen LogP contribution in [-0.2, 0) is 16.0 Å². The summed E-state index contributed by atoms with van der Waals surface area (Å²) in [7, 11) is 1.62. The van der Waals surface area contributed by atoms with Crippen LogP contribution in [-0.4, -0.2) is 60.5 Å². The fourth-order valence-corrected chi connectivity index (χ4v) is 3.07. The Labute approximate surface area is 178 Å². The fraction of sp³-hybridized carbons (Fsp3) is 0.318. The zero-order chi connectivity index (χ0) is 21.6. The summed E-state index contributed by atoms with van der Waals surface area (Å²) >= 11 is 0. The molecule has 0 aliphatic carbocycles. The number of nitrogens with zero attached hydrogens (tertiary/aromatic N) is 3. The van der Waals surface area contributed by atoms with Crippen molar-refractivity contribution in [3.63, 3.8) is 0 Å². The predicted octanol–water partition coefficient (Wildman–Crippen LogP) is 2.73. The molecule has 0 bridgehead atoms. The van der Waals surface area contributed by atoms with Crippen molar-refractivity contribution in [3.05, 3.63) is 60.2 Å². The normalized spacial score (nSPS) is 13.7. The van der Waals surface area contributed by atoms with Crippen LogP contribution in [0.4, 0.5) is 4.39 Å². The molecule has 0 N–H and O–H groups in total.